The summed E-state index contributed by atoms with van der Waals surface area (Å²) in [6, 6.07) is 25.3. The molecule has 0 aliphatic heterocycles. The zero-order valence-electron chi connectivity index (χ0n) is 46.5. The Morgan fingerprint density at radius 1 is 0.393 bits per heavy atom. The highest BCUT2D eigenvalue weighted by Crippen LogP contribution is 2.41. The maximum absolute atomic E-state index is 13.8. The highest BCUT2D eigenvalue weighted by molar-refractivity contribution is 5.93. The number of amides is 2. The first-order chi connectivity index (χ1) is 40.6. The lowest BCUT2D eigenvalue weighted by atomic mass is 9.90. The average molecular weight is 1160 g/mol. The number of rotatable bonds is 26. The number of benzene rings is 6. The van der Waals surface area contributed by atoms with Gasteiger partial charge in [0.25, 0.3) is 11.8 Å². The Balaban J connectivity index is 1.44. The number of hydrogen-bond acceptors (Lipinski definition) is 20. The van der Waals surface area contributed by atoms with E-state index < -0.39 is 86.8 Å². The molecule has 7 rings (SSSR count). The number of carbonyl (C=O) groups is 8. The quantitative estimate of drug-likeness (QED) is 0.0237. The number of phenols is 2. The van der Waals surface area contributed by atoms with Crippen molar-refractivity contribution in [3.63, 3.8) is 0 Å². The Bertz CT molecular complexity index is 3100. The molecule has 0 atom stereocenters. The fraction of sp³-hybridized carbons (Fsp3) is 0.290. The van der Waals surface area contributed by atoms with Crippen molar-refractivity contribution in [2.24, 2.45) is 0 Å². The molecule has 22 heteroatoms. The smallest absolute Gasteiger partial charge is 0.344 e. The minimum Gasteiger partial charge on any atom is -0.504 e. The number of nitrogens with one attached hydrogen (secondary N) is 2. The zero-order valence-corrected chi connectivity index (χ0v) is 46.5. The minimum absolute atomic E-state index is 0.0495. The Hall–Kier alpha value is -10.1. The summed E-state index contributed by atoms with van der Waals surface area (Å²) in [5.41, 5.74) is 3.62. The van der Waals surface area contributed by atoms with E-state index in [0.29, 0.717) is 57.1 Å². The van der Waals surface area contributed by atoms with E-state index in [0.717, 1.165) is 0 Å². The van der Waals surface area contributed by atoms with Gasteiger partial charge in [-0.15, -0.1) is 0 Å². The first-order valence-electron chi connectivity index (χ1n) is 26.7. The van der Waals surface area contributed by atoms with Crippen LogP contribution in [0.2, 0.25) is 0 Å². The second kappa shape index (κ2) is 30.1. The van der Waals surface area contributed by atoms with Crippen LogP contribution in [-0.2, 0) is 73.4 Å². The van der Waals surface area contributed by atoms with Gasteiger partial charge in [-0.1, -0.05) is 48.5 Å². The van der Waals surface area contributed by atoms with Crippen LogP contribution in [0.1, 0.15) is 92.9 Å². The number of hydrogen-bond donors (Lipinski definition) is 4. The van der Waals surface area contributed by atoms with E-state index in [4.69, 9.17) is 47.4 Å². The van der Waals surface area contributed by atoms with Gasteiger partial charge in [-0.25, -0.2) is 19.2 Å². The first-order valence-corrected chi connectivity index (χ1v) is 26.7. The molecule has 440 valence electrons. The van der Waals surface area contributed by atoms with E-state index in [-0.39, 0.29) is 109 Å². The summed E-state index contributed by atoms with van der Waals surface area (Å²) in [4.78, 5) is 103. The van der Waals surface area contributed by atoms with Crippen molar-refractivity contribution in [3.8, 4) is 46.0 Å². The lowest BCUT2D eigenvalue weighted by Crippen LogP contribution is -2.21. The third kappa shape index (κ3) is 16.5. The summed E-state index contributed by atoms with van der Waals surface area (Å²) in [7, 11) is 0. The van der Waals surface area contributed by atoms with E-state index in [9.17, 15) is 48.6 Å². The molecule has 0 saturated heterocycles. The predicted octanol–water partition coefficient (Wildman–Crippen LogP) is 7.20. The van der Waals surface area contributed by atoms with Crippen LogP contribution in [0.25, 0.3) is 0 Å². The first kappa shape index (κ1) is 61.5. The van der Waals surface area contributed by atoms with Crippen molar-refractivity contribution in [3.05, 3.63) is 153 Å². The number of esters is 4. The summed E-state index contributed by atoms with van der Waals surface area (Å²) >= 11 is 0. The van der Waals surface area contributed by atoms with Crippen molar-refractivity contribution in [2.45, 2.75) is 53.4 Å². The molecule has 6 aromatic carbocycles. The van der Waals surface area contributed by atoms with Crippen LogP contribution >= 0.6 is 0 Å². The molecule has 4 N–H and O–H groups in total. The molecule has 0 spiro atoms. The summed E-state index contributed by atoms with van der Waals surface area (Å²) < 4.78 is 58.0. The van der Waals surface area contributed by atoms with Crippen molar-refractivity contribution >= 4 is 59.6 Å². The molecule has 0 radical (unpaired) electrons. The average Bonchev–Trinajstić information content (AvgIpc) is 3.13. The summed E-state index contributed by atoms with van der Waals surface area (Å²) in [5.74, 6) is -4.54. The van der Waals surface area contributed by atoms with Gasteiger partial charge in [0.1, 0.15) is 23.0 Å². The summed E-state index contributed by atoms with van der Waals surface area (Å²) in [6.45, 7) is 3.32. The van der Waals surface area contributed by atoms with Crippen LogP contribution in [0.3, 0.4) is 0 Å². The second-order valence-electron chi connectivity index (χ2n) is 18.4. The predicted molar refractivity (Wildman–Crippen MR) is 301 cm³/mol. The molecule has 84 heavy (non-hydrogen) atoms. The van der Waals surface area contributed by atoms with E-state index in [2.05, 4.69) is 10.6 Å². The van der Waals surface area contributed by atoms with E-state index >= 15 is 0 Å². The maximum atomic E-state index is 13.8. The van der Waals surface area contributed by atoms with Gasteiger partial charge in [0.2, 0.25) is 0 Å². The fourth-order valence-corrected chi connectivity index (χ4v) is 9.09. The molecule has 0 fully saturated rings. The maximum Gasteiger partial charge on any atom is 0.344 e. The Morgan fingerprint density at radius 3 is 0.940 bits per heavy atom. The van der Waals surface area contributed by atoms with Gasteiger partial charge in [-0.3, -0.25) is 19.2 Å². The molecule has 0 unspecified atom stereocenters. The van der Waals surface area contributed by atoms with E-state index in [1.54, 1.807) is 88.4 Å². The minimum atomic E-state index is -0.694. The highest BCUT2D eigenvalue weighted by Gasteiger charge is 2.26. The van der Waals surface area contributed by atoms with Gasteiger partial charge >= 0.3 is 23.9 Å². The number of phenolic OH excluding ortho intramolecular Hbond substituents is 2. The Morgan fingerprint density at radius 2 is 0.667 bits per heavy atom. The molecule has 0 aromatic heterocycles. The van der Waals surface area contributed by atoms with Crippen molar-refractivity contribution in [1.82, 2.24) is 0 Å². The Kier molecular flexibility index (Phi) is 22.0. The number of carbonyl (C=O) groups excluding carboxylic acids is 8. The van der Waals surface area contributed by atoms with Crippen LogP contribution in [0.5, 0.6) is 46.0 Å². The molecular weight excluding hydrogens is 1090 g/mol. The van der Waals surface area contributed by atoms with Crippen LogP contribution < -0.4 is 39.1 Å². The normalized spacial score (nSPS) is 11.4. The molecule has 6 aromatic rings. The van der Waals surface area contributed by atoms with Gasteiger partial charge < -0.3 is 68.2 Å². The largest absolute Gasteiger partial charge is 0.504 e. The lowest BCUT2D eigenvalue weighted by Gasteiger charge is -2.23. The number of fused-ring (bicyclic) bond motifs is 8. The number of aldehydes is 2. The van der Waals surface area contributed by atoms with Crippen LogP contribution in [0, 0.1) is 0 Å². The number of anilines is 2. The van der Waals surface area contributed by atoms with Crippen LogP contribution in [-0.4, -0.2) is 125 Å². The van der Waals surface area contributed by atoms with Crippen molar-refractivity contribution < 1.29 is 95.9 Å². The molecule has 1 aliphatic carbocycles. The van der Waals surface area contributed by atoms with Crippen molar-refractivity contribution in [1.29, 1.82) is 0 Å². The summed E-state index contributed by atoms with van der Waals surface area (Å²) in [6.07, 6.45) is 0.587. The molecular formula is C62H62N2O20. The third-order valence-corrected chi connectivity index (χ3v) is 12.5. The molecule has 1 aliphatic rings. The van der Waals surface area contributed by atoms with Crippen molar-refractivity contribution in [2.75, 3.05) is 76.7 Å². The number of para-hydroxylation sites is 4. The van der Waals surface area contributed by atoms with Gasteiger partial charge in [0.15, 0.2) is 75.2 Å². The van der Waals surface area contributed by atoms with Crippen LogP contribution in [0.15, 0.2) is 97.1 Å². The molecule has 0 saturated carbocycles. The fourth-order valence-electron chi connectivity index (χ4n) is 9.09. The van der Waals surface area contributed by atoms with Gasteiger partial charge in [0, 0.05) is 59.3 Å². The second-order valence-corrected chi connectivity index (χ2v) is 18.4. The molecule has 0 heterocycles. The van der Waals surface area contributed by atoms with Gasteiger partial charge in [0.05, 0.1) is 37.6 Å². The molecule has 8 bridgehead atoms. The van der Waals surface area contributed by atoms with E-state index in [1.165, 1.54) is 36.4 Å². The molecule has 22 nitrogen and oxygen atoms in total. The van der Waals surface area contributed by atoms with Crippen LogP contribution in [0.4, 0.5) is 11.4 Å². The lowest BCUT2D eigenvalue weighted by molar-refractivity contribution is -0.146. The zero-order chi connectivity index (χ0) is 60.1. The third-order valence-electron chi connectivity index (χ3n) is 12.5. The standard InChI is InChI=1S/C62H62N2O20/c1-5-75-53(69)33-81-59-37-13-9-14-38(59)22-44-26-48(64-52(68)32-80-50-20-12-18-42(30-66)58(50)74)28-46(62(44)84-36-56(72)78-8-4)24-40-16-10-15-39(60(40)82-34-54(70)76-6-2)23-45-27-47(25-43(21-37)61(45)83-35-55(71)77-7-3)63-51(67)31-79-49-19-11-17-41(29-65)57(49)73/h9-20,25-30,73-74H,5-8,21-24,31-36H2,1-4H3,(H,63,67)(H,64,68). The molecule has 2 amide bonds. The van der Waals surface area contributed by atoms with Gasteiger partial charge in [-0.2, -0.15) is 0 Å². The Labute approximate surface area is 482 Å². The monoisotopic (exact) mass is 1150 g/mol. The summed E-state index contributed by atoms with van der Waals surface area (Å²) in [5, 5.41) is 26.9. The van der Waals surface area contributed by atoms with Gasteiger partial charge in [-0.05, 0) is 98.5 Å². The highest BCUT2D eigenvalue weighted by atomic mass is 16.6. The SMILES string of the molecule is CCOC(=O)COc1c2cccc1Cc1cc(NC(=O)COc3cccc(C=O)c3O)cc(c1OCC(=O)OCC)Cc1cccc(c1OCC(=O)OCC)Cc1cc(NC(=O)COc3cccc(C=O)c3O)cc(c1OCC(=O)OCC)C2. The van der Waals surface area contributed by atoms with E-state index in [1.807, 2.05) is 0 Å². The number of ether oxygens (including phenoxy) is 10. The topological polar surface area (TPSA) is 293 Å². The number of aromatic hydroxyl groups is 2.